The van der Waals surface area contributed by atoms with Gasteiger partial charge in [0.05, 0.1) is 35.7 Å². The first kappa shape index (κ1) is 28.8. The molecule has 0 aliphatic carbocycles. The summed E-state index contributed by atoms with van der Waals surface area (Å²) in [5.74, 6) is -1.34. The summed E-state index contributed by atoms with van der Waals surface area (Å²) >= 11 is 0. The Balaban J connectivity index is 1.53. The summed E-state index contributed by atoms with van der Waals surface area (Å²) in [5.41, 5.74) is -1.71. The molecule has 1 fully saturated rings. The van der Waals surface area contributed by atoms with Gasteiger partial charge in [0.15, 0.2) is 0 Å². The van der Waals surface area contributed by atoms with Crippen LogP contribution in [0.3, 0.4) is 0 Å². The highest BCUT2D eigenvalue weighted by Crippen LogP contribution is 2.37. The number of nitrogens with one attached hydrogen (secondary N) is 2. The molecule has 10 nitrogen and oxygen atoms in total. The lowest BCUT2D eigenvalue weighted by molar-refractivity contribution is -0.138. The van der Waals surface area contributed by atoms with E-state index in [0.29, 0.717) is 56.6 Å². The summed E-state index contributed by atoms with van der Waals surface area (Å²) in [5, 5.41) is 2.49. The summed E-state index contributed by atoms with van der Waals surface area (Å²) in [7, 11) is 3.72. The van der Waals surface area contributed by atoms with Crippen LogP contribution in [0.25, 0.3) is 11.1 Å². The molecule has 0 radical (unpaired) electrons. The fraction of sp³-hybridized carbons (Fsp3) is 0.286. The first-order valence-corrected chi connectivity index (χ1v) is 12.9. The molecule has 1 amide bonds. The number of likely N-dealkylation sites (N-methyl/N-ethyl adjacent to an activating group) is 1. The number of morpholine rings is 1. The van der Waals surface area contributed by atoms with E-state index in [2.05, 4.69) is 20.3 Å². The molecule has 0 saturated carbocycles. The van der Waals surface area contributed by atoms with Crippen molar-refractivity contribution in [3.05, 3.63) is 88.1 Å². The molecule has 1 aromatic carbocycles. The minimum absolute atomic E-state index is 0.0330. The summed E-state index contributed by atoms with van der Waals surface area (Å²) in [6, 6.07) is 2.84. The number of halogens is 4. The number of amides is 1. The number of hydrogen-bond donors (Lipinski definition) is 2. The van der Waals surface area contributed by atoms with Gasteiger partial charge in [0, 0.05) is 87.5 Å². The number of alkyl halides is 3. The van der Waals surface area contributed by atoms with Gasteiger partial charge in [0.25, 0.3) is 5.91 Å². The average molecular weight is 586 g/mol. The van der Waals surface area contributed by atoms with Crippen molar-refractivity contribution in [3.63, 3.8) is 0 Å². The van der Waals surface area contributed by atoms with E-state index in [1.807, 2.05) is 30.0 Å². The van der Waals surface area contributed by atoms with Crippen molar-refractivity contribution in [3.8, 4) is 11.1 Å². The van der Waals surface area contributed by atoms with E-state index in [-0.39, 0.29) is 16.9 Å². The van der Waals surface area contributed by atoms with E-state index in [1.165, 1.54) is 24.5 Å². The van der Waals surface area contributed by atoms with Crippen LogP contribution >= 0.6 is 0 Å². The van der Waals surface area contributed by atoms with Crippen LogP contribution in [0.5, 0.6) is 0 Å². The highest BCUT2D eigenvalue weighted by atomic mass is 19.4. The lowest BCUT2D eigenvalue weighted by Gasteiger charge is -2.28. The van der Waals surface area contributed by atoms with Gasteiger partial charge in [-0.3, -0.25) is 9.59 Å². The van der Waals surface area contributed by atoms with E-state index >= 15 is 4.39 Å². The summed E-state index contributed by atoms with van der Waals surface area (Å²) < 4.78 is 62.0. The molecule has 2 N–H and O–H groups in total. The standard InChI is InChI=1S/C28H27F4N7O3/c1-37(2)18-3-5-38(6-4-18)24-13-22(29)19(17-14-34-27(35-15-17)39-7-9-42-10-8-39)11-23(24)36-26(41)20-16-33-25(40)12-21(20)28(30,31)32/h3-5,11-16H,6-10H2,1-2H3,(H,33,40)(H,36,41). The number of benzene rings is 1. The van der Waals surface area contributed by atoms with Crippen LogP contribution in [0.4, 0.5) is 34.9 Å². The Bertz CT molecular complexity index is 1590. The fourth-order valence-corrected chi connectivity index (χ4v) is 4.59. The molecule has 3 aromatic rings. The van der Waals surface area contributed by atoms with E-state index in [9.17, 15) is 22.8 Å². The third kappa shape index (κ3) is 6.12. The van der Waals surface area contributed by atoms with Crippen LogP contribution in [0.1, 0.15) is 15.9 Å². The Morgan fingerprint density at radius 2 is 1.83 bits per heavy atom. The zero-order valence-corrected chi connectivity index (χ0v) is 22.7. The maximum absolute atomic E-state index is 15.6. The molecule has 2 aromatic heterocycles. The molecule has 14 heteroatoms. The number of allylic oxidation sites excluding steroid dienone is 1. The number of aromatic amines is 1. The number of pyridine rings is 1. The Kier molecular flexibility index (Phi) is 7.98. The Morgan fingerprint density at radius 3 is 2.45 bits per heavy atom. The molecule has 2 aliphatic rings. The molecule has 1 saturated heterocycles. The fourth-order valence-electron chi connectivity index (χ4n) is 4.59. The van der Waals surface area contributed by atoms with E-state index < -0.39 is 34.6 Å². The Hall–Kier alpha value is -4.72. The Labute approximate surface area is 237 Å². The quantitative estimate of drug-likeness (QED) is 0.421. The molecule has 4 heterocycles. The molecule has 42 heavy (non-hydrogen) atoms. The van der Waals surface area contributed by atoms with Gasteiger partial charge in [0.1, 0.15) is 5.82 Å². The largest absolute Gasteiger partial charge is 0.417 e. The van der Waals surface area contributed by atoms with Gasteiger partial charge in [-0.1, -0.05) is 0 Å². The molecule has 220 valence electrons. The predicted octanol–water partition coefficient (Wildman–Crippen LogP) is 3.86. The minimum Gasteiger partial charge on any atom is -0.378 e. The summed E-state index contributed by atoms with van der Waals surface area (Å²) in [6.45, 7) is 2.58. The van der Waals surface area contributed by atoms with Crippen molar-refractivity contribution in [2.24, 2.45) is 0 Å². The average Bonchev–Trinajstić information content (AvgIpc) is 2.98. The smallest absolute Gasteiger partial charge is 0.378 e. The second-order valence-corrected chi connectivity index (χ2v) is 9.79. The second kappa shape index (κ2) is 11.6. The van der Waals surface area contributed by atoms with Crippen LogP contribution < -0.4 is 20.7 Å². The third-order valence-corrected chi connectivity index (χ3v) is 6.80. The number of H-pyrrole nitrogens is 1. The SMILES string of the molecule is CN(C)C1=CCN(c2cc(F)c(-c3cnc(N4CCOCC4)nc3)cc2NC(=O)c2c[nH]c(=O)cc2C(F)(F)F)C=C1. The van der Waals surface area contributed by atoms with E-state index in [4.69, 9.17) is 4.74 Å². The van der Waals surface area contributed by atoms with Gasteiger partial charge in [-0.2, -0.15) is 13.2 Å². The van der Waals surface area contributed by atoms with Crippen molar-refractivity contribution in [2.75, 3.05) is 62.1 Å². The van der Waals surface area contributed by atoms with Crippen LogP contribution in [0.2, 0.25) is 0 Å². The molecule has 5 rings (SSSR count). The molecule has 0 spiro atoms. The molecular formula is C28H27F4N7O3. The van der Waals surface area contributed by atoms with E-state index in [1.54, 1.807) is 17.2 Å². The monoisotopic (exact) mass is 585 g/mol. The van der Waals surface area contributed by atoms with Crippen LogP contribution in [-0.4, -0.2) is 72.7 Å². The number of ether oxygens (including phenoxy) is 1. The number of aromatic nitrogens is 3. The van der Waals surface area contributed by atoms with Crippen molar-refractivity contribution in [2.45, 2.75) is 6.18 Å². The minimum atomic E-state index is -4.96. The van der Waals surface area contributed by atoms with Crippen molar-refractivity contribution >= 4 is 23.2 Å². The molecule has 2 aliphatic heterocycles. The summed E-state index contributed by atoms with van der Waals surface area (Å²) in [4.78, 5) is 41.1. The first-order chi connectivity index (χ1) is 20.0. The zero-order chi connectivity index (χ0) is 30.0. The predicted molar refractivity (Wildman–Crippen MR) is 149 cm³/mol. The van der Waals surface area contributed by atoms with Crippen molar-refractivity contribution < 1.29 is 27.1 Å². The first-order valence-electron chi connectivity index (χ1n) is 12.9. The van der Waals surface area contributed by atoms with Crippen LogP contribution in [0, 0.1) is 5.82 Å². The van der Waals surface area contributed by atoms with Gasteiger partial charge in [0.2, 0.25) is 11.5 Å². The lowest BCUT2D eigenvalue weighted by atomic mass is 10.0. The second-order valence-electron chi connectivity index (χ2n) is 9.79. The van der Waals surface area contributed by atoms with Crippen molar-refractivity contribution in [1.82, 2.24) is 19.9 Å². The van der Waals surface area contributed by atoms with Crippen molar-refractivity contribution in [1.29, 1.82) is 0 Å². The third-order valence-electron chi connectivity index (χ3n) is 6.80. The Morgan fingerprint density at radius 1 is 1.12 bits per heavy atom. The van der Waals surface area contributed by atoms with Gasteiger partial charge in [-0.15, -0.1) is 0 Å². The van der Waals surface area contributed by atoms with Gasteiger partial charge in [-0.25, -0.2) is 14.4 Å². The zero-order valence-electron chi connectivity index (χ0n) is 22.7. The number of anilines is 3. The number of carbonyl (C=O) groups excluding carboxylic acids is 1. The lowest BCUT2D eigenvalue weighted by Crippen LogP contribution is -2.37. The summed E-state index contributed by atoms with van der Waals surface area (Å²) in [6.07, 6.45) is 3.97. The number of rotatable bonds is 6. The number of nitrogens with zero attached hydrogens (tertiary/aromatic N) is 5. The van der Waals surface area contributed by atoms with Gasteiger partial charge < -0.3 is 29.7 Å². The number of hydrogen-bond acceptors (Lipinski definition) is 8. The normalized spacial score (nSPS) is 15.4. The molecular weight excluding hydrogens is 558 g/mol. The van der Waals surface area contributed by atoms with Crippen LogP contribution in [0.15, 0.2) is 65.6 Å². The molecule has 0 bridgehead atoms. The van der Waals surface area contributed by atoms with Gasteiger partial charge in [-0.05, 0) is 18.2 Å². The highest BCUT2D eigenvalue weighted by Gasteiger charge is 2.36. The van der Waals surface area contributed by atoms with Crippen LogP contribution in [-0.2, 0) is 10.9 Å². The highest BCUT2D eigenvalue weighted by molar-refractivity contribution is 6.07. The maximum Gasteiger partial charge on any atom is 0.417 e. The molecule has 0 unspecified atom stereocenters. The van der Waals surface area contributed by atoms with Gasteiger partial charge >= 0.3 is 6.18 Å². The number of carbonyl (C=O) groups is 1. The maximum atomic E-state index is 15.6. The topological polar surface area (TPSA) is 107 Å². The van der Waals surface area contributed by atoms with E-state index in [0.717, 1.165) is 5.70 Å². The molecule has 0 atom stereocenters.